The molecular weight excluding hydrogens is 671 g/mol. The van der Waals surface area contributed by atoms with Crippen LogP contribution in [0.25, 0.3) is 0 Å². The normalized spacial score (nSPS) is 14.2. The van der Waals surface area contributed by atoms with Gasteiger partial charge in [-0.2, -0.15) is 10.5 Å². The Morgan fingerprint density at radius 2 is 1.16 bits per heavy atom. The first-order chi connectivity index (χ1) is 24.3. The summed E-state index contributed by atoms with van der Waals surface area (Å²) in [6, 6.07) is 34.2. The first-order valence-corrected chi connectivity index (χ1v) is 16.8. The third kappa shape index (κ3) is 9.76. The number of allylic oxidation sites excluding steroid dienone is 2. The van der Waals surface area contributed by atoms with E-state index >= 15 is 0 Å². The van der Waals surface area contributed by atoms with Gasteiger partial charge >= 0.3 is 12.2 Å². The van der Waals surface area contributed by atoms with Crippen LogP contribution in [0.5, 0.6) is 0 Å². The van der Waals surface area contributed by atoms with Crippen molar-refractivity contribution in [2.24, 2.45) is 0 Å². The Morgan fingerprint density at radius 3 is 1.68 bits per heavy atom. The molecule has 1 fully saturated rings. The molecular formula is C40H34Cl2N4O4. The SMILES string of the molecule is N#Cc1cc(Cl)ccc1C1C=CN(C(=O)OCc2ccccc2)C=C1.N#Cc1cc(Cl)ccc1C1CCN(C(=O)OCc2ccccc2)CC1. The minimum atomic E-state index is -0.452. The lowest BCUT2D eigenvalue weighted by Crippen LogP contribution is -2.38. The Bertz CT molecular complexity index is 1910. The summed E-state index contributed by atoms with van der Waals surface area (Å²) in [6.07, 6.45) is 7.88. The second-order valence-corrected chi connectivity index (χ2v) is 12.5. The summed E-state index contributed by atoms with van der Waals surface area (Å²) >= 11 is 11.9. The van der Waals surface area contributed by atoms with Crippen molar-refractivity contribution in [2.75, 3.05) is 13.1 Å². The third-order valence-electron chi connectivity index (χ3n) is 8.35. The molecule has 2 aliphatic heterocycles. The number of halogens is 2. The van der Waals surface area contributed by atoms with E-state index in [4.69, 9.17) is 32.7 Å². The van der Waals surface area contributed by atoms with Crippen molar-refractivity contribution in [1.29, 1.82) is 10.5 Å². The van der Waals surface area contributed by atoms with Gasteiger partial charge in [0.05, 0.1) is 23.3 Å². The van der Waals surface area contributed by atoms with Gasteiger partial charge in [-0.25, -0.2) is 9.59 Å². The van der Waals surface area contributed by atoms with E-state index in [1.807, 2.05) is 91.0 Å². The molecule has 6 rings (SSSR count). The number of hydrogen-bond donors (Lipinski definition) is 0. The average Bonchev–Trinajstić information content (AvgIpc) is 3.17. The summed E-state index contributed by atoms with van der Waals surface area (Å²) in [6.45, 7) is 1.77. The van der Waals surface area contributed by atoms with Gasteiger partial charge in [0.15, 0.2) is 0 Å². The minimum Gasteiger partial charge on any atom is -0.445 e. The number of benzene rings is 4. The lowest BCUT2D eigenvalue weighted by atomic mass is 9.87. The molecule has 0 bridgehead atoms. The molecule has 252 valence electrons. The van der Waals surface area contributed by atoms with E-state index in [1.165, 1.54) is 4.90 Å². The van der Waals surface area contributed by atoms with Crippen LogP contribution in [-0.2, 0) is 22.7 Å². The molecule has 0 aliphatic carbocycles. The summed E-state index contributed by atoms with van der Waals surface area (Å²) in [7, 11) is 0. The van der Waals surface area contributed by atoms with Crippen LogP contribution >= 0.6 is 23.2 Å². The molecule has 0 saturated carbocycles. The van der Waals surface area contributed by atoms with Gasteiger partial charge in [-0.15, -0.1) is 0 Å². The van der Waals surface area contributed by atoms with Gasteiger partial charge in [0.1, 0.15) is 13.2 Å². The predicted octanol–water partition coefficient (Wildman–Crippen LogP) is 9.70. The second kappa shape index (κ2) is 17.7. The zero-order chi connectivity index (χ0) is 35.3. The van der Waals surface area contributed by atoms with E-state index in [-0.39, 0.29) is 31.1 Å². The maximum atomic E-state index is 12.2. The minimum absolute atomic E-state index is 0.0925. The van der Waals surface area contributed by atoms with Crippen molar-refractivity contribution in [3.63, 3.8) is 0 Å². The Kier molecular flexibility index (Phi) is 12.7. The molecule has 4 aromatic carbocycles. The van der Waals surface area contributed by atoms with E-state index < -0.39 is 6.09 Å². The maximum Gasteiger partial charge on any atom is 0.418 e. The monoisotopic (exact) mass is 704 g/mol. The standard InChI is InChI=1S/C20H19ClN2O2.C20H15ClN2O2/c2*21-18-6-7-19(17(12-18)13-22)16-8-10-23(11-9-16)20(24)25-14-15-4-2-1-3-5-15/h1-7,12,16H,8-11,14H2;1-12,16H,14H2. The van der Waals surface area contributed by atoms with Crippen molar-refractivity contribution in [2.45, 2.75) is 37.9 Å². The lowest BCUT2D eigenvalue weighted by Gasteiger charge is -2.31. The zero-order valence-electron chi connectivity index (χ0n) is 27.1. The first kappa shape index (κ1) is 35.8. The molecule has 0 N–H and O–H groups in total. The van der Waals surface area contributed by atoms with Crippen LogP contribution in [0.2, 0.25) is 10.0 Å². The largest absolute Gasteiger partial charge is 0.445 e. The number of amides is 2. The summed E-state index contributed by atoms with van der Waals surface area (Å²) in [5.41, 5.74) is 4.91. The van der Waals surface area contributed by atoms with Gasteiger partial charge in [-0.3, -0.25) is 4.90 Å². The molecule has 1 saturated heterocycles. The van der Waals surface area contributed by atoms with Crippen molar-refractivity contribution in [3.05, 3.63) is 165 Å². The highest BCUT2D eigenvalue weighted by Crippen LogP contribution is 2.32. The molecule has 4 aromatic rings. The molecule has 50 heavy (non-hydrogen) atoms. The Hall–Kier alpha value is -5.54. The van der Waals surface area contributed by atoms with Gasteiger partial charge in [-0.05, 0) is 65.3 Å². The summed E-state index contributed by atoms with van der Waals surface area (Å²) in [4.78, 5) is 27.4. The molecule has 0 radical (unpaired) electrons. The van der Waals surface area contributed by atoms with E-state index in [1.54, 1.807) is 35.5 Å². The Balaban J connectivity index is 0.000000194. The number of piperidine rings is 1. The fraction of sp³-hybridized carbons (Fsp3) is 0.200. The fourth-order valence-electron chi connectivity index (χ4n) is 5.69. The number of ether oxygens (including phenoxy) is 2. The van der Waals surface area contributed by atoms with Crippen molar-refractivity contribution in [1.82, 2.24) is 9.80 Å². The molecule has 2 amide bonds. The van der Waals surface area contributed by atoms with Gasteiger partial charge in [0.2, 0.25) is 0 Å². The molecule has 8 nitrogen and oxygen atoms in total. The van der Waals surface area contributed by atoms with E-state index in [2.05, 4.69) is 12.1 Å². The van der Waals surface area contributed by atoms with Crippen LogP contribution in [0.1, 0.15) is 58.1 Å². The van der Waals surface area contributed by atoms with Gasteiger partial charge in [0.25, 0.3) is 0 Å². The molecule has 0 unspecified atom stereocenters. The lowest BCUT2D eigenvalue weighted by molar-refractivity contribution is 0.0870. The Morgan fingerprint density at radius 1 is 0.680 bits per heavy atom. The highest BCUT2D eigenvalue weighted by Gasteiger charge is 2.26. The number of likely N-dealkylation sites (tertiary alicyclic amines) is 1. The highest BCUT2D eigenvalue weighted by atomic mass is 35.5. The number of nitrogens with zero attached hydrogens (tertiary/aromatic N) is 4. The number of carbonyl (C=O) groups excluding carboxylic acids is 2. The number of rotatable bonds is 6. The van der Waals surface area contributed by atoms with Crippen LogP contribution in [-0.4, -0.2) is 35.1 Å². The molecule has 0 aromatic heterocycles. The van der Waals surface area contributed by atoms with Crippen molar-refractivity contribution < 1.29 is 19.1 Å². The van der Waals surface area contributed by atoms with Crippen molar-refractivity contribution in [3.8, 4) is 12.1 Å². The van der Waals surface area contributed by atoms with Crippen LogP contribution in [0.4, 0.5) is 9.59 Å². The van der Waals surface area contributed by atoms with Crippen LogP contribution in [0, 0.1) is 22.7 Å². The van der Waals surface area contributed by atoms with Gasteiger partial charge in [0, 0.05) is 41.5 Å². The van der Waals surface area contributed by atoms with Gasteiger partial charge < -0.3 is 14.4 Å². The number of carbonyl (C=O) groups is 2. The Labute approximate surface area is 302 Å². The predicted molar refractivity (Wildman–Crippen MR) is 192 cm³/mol. The van der Waals surface area contributed by atoms with Crippen molar-refractivity contribution >= 4 is 35.4 Å². The summed E-state index contributed by atoms with van der Waals surface area (Å²) < 4.78 is 10.7. The topological polar surface area (TPSA) is 107 Å². The third-order valence-corrected chi connectivity index (χ3v) is 8.82. The molecule has 2 heterocycles. The summed E-state index contributed by atoms with van der Waals surface area (Å²) in [5, 5.41) is 19.6. The molecule has 0 spiro atoms. The number of nitriles is 2. The second-order valence-electron chi connectivity index (χ2n) is 11.6. The molecule has 10 heteroatoms. The van der Waals surface area contributed by atoms with E-state index in [0.29, 0.717) is 34.3 Å². The maximum absolute atomic E-state index is 12.2. The molecule has 0 atom stereocenters. The zero-order valence-corrected chi connectivity index (χ0v) is 28.6. The smallest absolute Gasteiger partial charge is 0.418 e. The fourth-order valence-corrected chi connectivity index (χ4v) is 6.03. The van der Waals surface area contributed by atoms with Gasteiger partial charge in [-0.1, -0.05) is 108 Å². The molecule has 2 aliphatic rings. The summed E-state index contributed by atoms with van der Waals surface area (Å²) in [5.74, 6) is 0.176. The first-order valence-electron chi connectivity index (χ1n) is 16.0. The van der Waals surface area contributed by atoms with E-state index in [9.17, 15) is 20.1 Å². The highest BCUT2D eigenvalue weighted by molar-refractivity contribution is 6.31. The van der Waals surface area contributed by atoms with Crippen LogP contribution < -0.4 is 0 Å². The quantitative estimate of drug-likeness (QED) is 0.198. The van der Waals surface area contributed by atoms with Crippen LogP contribution in [0.15, 0.2) is 122 Å². The number of hydrogen-bond acceptors (Lipinski definition) is 6. The van der Waals surface area contributed by atoms with Crippen LogP contribution in [0.3, 0.4) is 0 Å². The van der Waals surface area contributed by atoms with E-state index in [0.717, 1.165) is 35.1 Å². The average molecular weight is 706 g/mol.